The predicted molar refractivity (Wildman–Crippen MR) is 119 cm³/mol. The van der Waals surface area contributed by atoms with Crippen LogP contribution in [0.4, 0.5) is 16.3 Å². The van der Waals surface area contributed by atoms with Crippen molar-refractivity contribution in [3.05, 3.63) is 53.7 Å². The topological polar surface area (TPSA) is 51.7 Å². The van der Waals surface area contributed by atoms with Crippen LogP contribution in [0.5, 0.6) is 0 Å². The number of hydrogen-bond acceptors (Lipinski definition) is 4. The summed E-state index contributed by atoms with van der Waals surface area (Å²) in [4.78, 5) is 23.1. The molecule has 1 N–H and O–H groups in total. The SMILES string of the molecule is CC1CCN(c2ccc(CNC(=O)N(C)Cc3ccc(N(C)C)cc3)cn2)CC1. The van der Waals surface area contributed by atoms with Crippen LogP contribution in [-0.2, 0) is 13.1 Å². The molecule has 29 heavy (non-hydrogen) atoms. The number of piperidine rings is 1. The van der Waals surface area contributed by atoms with Crippen molar-refractivity contribution in [3.8, 4) is 0 Å². The van der Waals surface area contributed by atoms with E-state index in [1.807, 2.05) is 27.3 Å². The van der Waals surface area contributed by atoms with E-state index in [1.54, 1.807) is 4.90 Å². The maximum Gasteiger partial charge on any atom is 0.317 e. The molecule has 2 amide bonds. The number of hydrogen-bond donors (Lipinski definition) is 1. The van der Waals surface area contributed by atoms with Crippen molar-refractivity contribution in [3.63, 3.8) is 0 Å². The molecule has 1 saturated heterocycles. The van der Waals surface area contributed by atoms with Gasteiger partial charge in [-0.15, -0.1) is 0 Å². The van der Waals surface area contributed by atoms with Gasteiger partial charge in [-0.3, -0.25) is 0 Å². The second-order valence-electron chi connectivity index (χ2n) is 8.27. The zero-order chi connectivity index (χ0) is 20.8. The predicted octanol–water partition coefficient (Wildman–Crippen LogP) is 3.73. The highest BCUT2D eigenvalue weighted by Crippen LogP contribution is 2.21. The lowest BCUT2D eigenvalue weighted by atomic mass is 9.99. The quantitative estimate of drug-likeness (QED) is 0.810. The highest BCUT2D eigenvalue weighted by atomic mass is 16.2. The number of carbonyl (C=O) groups excluding carboxylic acids is 1. The molecule has 0 atom stereocenters. The lowest BCUT2D eigenvalue weighted by molar-refractivity contribution is 0.206. The van der Waals surface area contributed by atoms with E-state index >= 15 is 0 Å². The summed E-state index contributed by atoms with van der Waals surface area (Å²) in [5.41, 5.74) is 3.27. The Balaban J connectivity index is 1.47. The number of amides is 2. The molecule has 2 heterocycles. The molecule has 0 radical (unpaired) electrons. The Morgan fingerprint density at radius 3 is 2.31 bits per heavy atom. The molecule has 6 nitrogen and oxygen atoms in total. The molecular weight excluding hydrogens is 362 g/mol. The lowest BCUT2D eigenvalue weighted by Gasteiger charge is -2.31. The van der Waals surface area contributed by atoms with E-state index in [9.17, 15) is 4.79 Å². The van der Waals surface area contributed by atoms with Crippen LogP contribution in [-0.4, -0.2) is 50.1 Å². The Hall–Kier alpha value is -2.76. The van der Waals surface area contributed by atoms with Crippen molar-refractivity contribution in [2.45, 2.75) is 32.9 Å². The summed E-state index contributed by atoms with van der Waals surface area (Å²) in [5.74, 6) is 1.84. The minimum absolute atomic E-state index is 0.0872. The molecule has 0 unspecified atom stereocenters. The third-order valence-corrected chi connectivity index (χ3v) is 5.58. The molecule has 0 aliphatic carbocycles. The van der Waals surface area contributed by atoms with Crippen LogP contribution in [0.1, 0.15) is 30.9 Å². The standard InChI is InChI=1S/C23H33N5O/c1-18-11-13-28(14-12-18)22-10-7-20(15-24-22)16-25-23(29)27(4)17-19-5-8-21(9-6-19)26(2)3/h5-10,15,18H,11-14,16-17H2,1-4H3,(H,25,29). The summed E-state index contributed by atoms with van der Waals surface area (Å²) in [7, 11) is 5.85. The van der Waals surface area contributed by atoms with Gasteiger partial charge in [-0.05, 0) is 48.1 Å². The molecule has 1 aliphatic heterocycles. The maximum atomic E-state index is 12.4. The highest BCUT2D eigenvalue weighted by Gasteiger charge is 2.16. The van der Waals surface area contributed by atoms with E-state index in [2.05, 4.69) is 63.4 Å². The summed E-state index contributed by atoms with van der Waals surface area (Å²) < 4.78 is 0. The number of pyridine rings is 1. The second kappa shape index (κ2) is 9.63. The summed E-state index contributed by atoms with van der Waals surface area (Å²) in [6, 6.07) is 12.3. The van der Waals surface area contributed by atoms with Gasteiger partial charge in [0, 0.05) is 59.2 Å². The van der Waals surface area contributed by atoms with Crippen molar-refractivity contribution in [1.82, 2.24) is 15.2 Å². The molecule has 0 spiro atoms. The third kappa shape index (κ3) is 5.86. The maximum absolute atomic E-state index is 12.4. The molecule has 1 fully saturated rings. The van der Waals surface area contributed by atoms with E-state index in [0.717, 1.165) is 41.6 Å². The second-order valence-corrected chi connectivity index (χ2v) is 8.27. The van der Waals surface area contributed by atoms with E-state index < -0.39 is 0 Å². The van der Waals surface area contributed by atoms with Crippen molar-refractivity contribution in [1.29, 1.82) is 0 Å². The molecule has 0 bridgehead atoms. The van der Waals surface area contributed by atoms with Crippen molar-refractivity contribution in [2.75, 3.05) is 44.0 Å². The fourth-order valence-electron chi connectivity index (χ4n) is 3.50. The number of carbonyl (C=O) groups is 1. The van der Waals surface area contributed by atoms with Crippen LogP contribution in [0, 0.1) is 5.92 Å². The van der Waals surface area contributed by atoms with E-state index in [4.69, 9.17) is 0 Å². The van der Waals surface area contributed by atoms with Gasteiger partial charge in [0.25, 0.3) is 0 Å². The smallest absolute Gasteiger partial charge is 0.317 e. The number of nitrogens with zero attached hydrogens (tertiary/aromatic N) is 4. The van der Waals surface area contributed by atoms with Gasteiger partial charge in [0.05, 0.1) is 0 Å². The minimum atomic E-state index is -0.0872. The number of anilines is 2. The minimum Gasteiger partial charge on any atom is -0.378 e. The van der Waals surface area contributed by atoms with Gasteiger partial charge >= 0.3 is 6.03 Å². The lowest BCUT2D eigenvalue weighted by Crippen LogP contribution is -2.36. The average Bonchev–Trinajstić information content (AvgIpc) is 2.73. The van der Waals surface area contributed by atoms with Gasteiger partial charge < -0.3 is 20.0 Å². The first-order valence-electron chi connectivity index (χ1n) is 10.4. The van der Waals surface area contributed by atoms with E-state index in [0.29, 0.717) is 13.1 Å². The molecule has 156 valence electrons. The van der Waals surface area contributed by atoms with Gasteiger partial charge in [-0.1, -0.05) is 25.1 Å². The van der Waals surface area contributed by atoms with Crippen molar-refractivity contribution < 1.29 is 4.79 Å². The summed E-state index contributed by atoms with van der Waals surface area (Å²) in [5, 5.41) is 2.98. The number of benzene rings is 1. The first-order chi connectivity index (χ1) is 13.9. The normalized spacial score (nSPS) is 14.6. The van der Waals surface area contributed by atoms with Crippen LogP contribution >= 0.6 is 0 Å². The molecule has 1 aliphatic rings. The number of rotatable bonds is 6. The van der Waals surface area contributed by atoms with Crippen LogP contribution < -0.4 is 15.1 Å². The fraction of sp³-hybridized carbons (Fsp3) is 0.478. The Kier molecular flexibility index (Phi) is 6.96. The summed E-state index contributed by atoms with van der Waals surface area (Å²) in [6.45, 7) is 5.51. The Morgan fingerprint density at radius 1 is 1.07 bits per heavy atom. The average molecular weight is 396 g/mol. The van der Waals surface area contributed by atoms with Crippen LogP contribution in [0.25, 0.3) is 0 Å². The fourth-order valence-corrected chi connectivity index (χ4v) is 3.50. The zero-order valence-electron chi connectivity index (χ0n) is 18.1. The number of nitrogens with one attached hydrogen (secondary N) is 1. The van der Waals surface area contributed by atoms with Gasteiger partial charge in [0.1, 0.15) is 5.82 Å². The molecule has 2 aromatic rings. The molecule has 1 aromatic carbocycles. The summed E-state index contributed by atoms with van der Waals surface area (Å²) in [6.07, 6.45) is 4.32. The van der Waals surface area contributed by atoms with Gasteiger partial charge in [0.2, 0.25) is 0 Å². The monoisotopic (exact) mass is 395 g/mol. The first kappa shape index (κ1) is 21.0. The Morgan fingerprint density at radius 2 is 1.72 bits per heavy atom. The van der Waals surface area contributed by atoms with Crippen molar-refractivity contribution >= 4 is 17.5 Å². The molecule has 6 heteroatoms. The first-order valence-corrected chi connectivity index (χ1v) is 10.4. The van der Waals surface area contributed by atoms with Gasteiger partial charge in [-0.2, -0.15) is 0 Å². The largest absolute Gasteiger partial charge is 0.378 e. The molecule has 1 aromatic heterocycles. The Labute approximate surface area is 174 Å². The van der Waals surface area contributed by atoms with Crippen LogP contribution in [0.15, 0.2) is 42.6 Å². The van der Waals surface area contributed by atoms with E-state index in [-0.39, 0.29) is 6.03 Å². The van der Waals surface area contributed by atoms with Crippen LogP contribution in [0.2, 0.25) is 0 Å². The zero-order valence-corrected chi connectivity index (χ0v) is 18.1. The molecule has 3 rings (SSSR count). The Bertz CT molecular complexity index is 780. The van der Waals surface area contributed by atoms with E-state index in [1.165, 1.54) is 12.8 Å². The highest BCUT2D eigenvalue weighted by molar-refractivity contribution is 5.73. The van der Waals surface area contributed by atoms with Gasteiger partial charge in [0.15, 0.2) is 0 Å². The van der Waals surface area contributed by atoms with Gasteiger partial charge in [-0.25, -0.2) is 9.78 Å². The number of aromatic nitrogens is 1. The van der Waals surface area contributed by atoms with Crippen molar-refractivity contribution in [2.24, 2.45) is 5.92 Å². The van der Waals surface area contributed by atoms with Crippen LogP contribution in [0.3, 0.4) is 0 Å². The third-order valence-electron chi connectivity index (χ3n) is 5.58. The molecular formula is C23H33N5O. The molecule has 0 saturated carbocycles. The summed E-state index contributed by atoms with van der Waals surface area (Å²) >= 11 is 0. The number of urea groups is 1.